The molecule has 4 rings (SSSR count). The van der Waals surface area contributed by atoms with Crippen LogP contribution in [-0.2, 0) is 9.53 Å². The SMILES string of the molecule is COCC(=O)NC(C)CNc1nccc(-c2[nH]c(-c3ccc(F)cc3)nc2-c2cnc(N)c(OC)n2)n1. The van der Waals surface area contributed by atoms with Crippen molar-refractivity contribution in [2.75, 3.05) is 38.4 Å². The number of carbonyl (C=O) groups is 1. The molecule has 12 nitrogen and oxygen atoms in total. The predicted octanol–water partition coefficient (Wildman–Crippen LogP) is 2.28. The number of anilines is 2. The van der Waals surface area contributed by atoms with E-state index >= 15 is 0 Å². The molecule has 0 aliphatic carbocycles. The van der Waals surface area contributed by atoms with Gasteiger partial charge < -0.3 is 30.8 Å². The van der Waals surface area contributed by atoms with Gasteiger partial charge in [0.15, 0.2) is 5.82 Å². The molecule has 0 aliphatic heterocycles. The first-order valence-corrected chi connectivity index (χ1v) is 11.3. The summed E-state index contributed by atoms with van der Waals surface area (Å²) in [5, 5.41) is 5.92. The summed E-state index contributed by atoms with van der Waals surface area (Å²) in [6, 6.07) is 7.44. The first kappa shape index (κ1) is 25.4. The van der Waals surface area contributed by atoms with Gasteiger partial charge in [0.2, 0.25) is 11.9 Å². The molecule has 0 fully saturated rings. The van der Waals surface area contributed by atoms with Crippen molar-refractivity contribution in [3.05, 3.63) is 48.5 Å². The standard InChI is InChI=1S/C24H26FN9O3/c1-13(30-18(35)12-36-2)10-29-24-27-9-8-16(32-24)19-20(17-11-28-21(26)23(31-17)37-3)34-22(33-19)14-4-6-15(25)7-5-14/h4-9,11,13H,10,12H2,1-3H3,(H2,26,28)(H,30,35)(H,33,34)(H,27,29,32). The van der Waals surface area contributed by atoms with Gasteiger partial charge in [-0.2, -0.15) is 0 Å². The summed E-state index contributed by atoms with van der Waals surface area (Å²) in [6.07, 6.45) is 3.08. The van der Waals surface area contributed by atoms with Crippen molar-refractivity contribution in [3.8, 4) is 40.0 Å². The van der Waals surface area contributed by atoms with E-state index in [1.165, 1.54) is 32.5 Å². The van der Waals surface area contributed by atoms with Gasteiger partial charge in [0.1, 0.15) is 29.6 Å². The fourth-order valence-corrected chi connectivity index (χ4v) is 3.46. The van der Waals surface area contributed by atoms with Gasteiger partial charge in [0.05, 0.1) is 24.7 Å². The van der Waals surface area contributed by atoms with Gasteiger partial charge in [-0.3, -0.25) is 4.79 Å². The third-order valence-electron chi connectivity index (χ3n) is 5.19. The number of halogens is 1. The number of methoxy groups -OCH3 is 2. The van der Waals surface area contributed by atoms with Crippen LogP contribution in [0.4, 0.5) is 16.2 Å². The van der Waals surface area contributed by atoms with E-state index in [1.54, 1.807) is 24.4 Å². The summed E-state index contributed by atoms with van der Waals surface area (Å²) in [4.78, 5) is 37.1. The molecule has 1 aromatic carbocycles. The number of amides is 1. The number of hydrogen-bond acceptors (Lipinski definition) is 10. The molecule has 0 aliphatic rings. The lowest BCUT2D eigenvalue weighted by molar-refractivity contribution is -0.125. The number of imidazole rings is 1. The number of hydrogen-bond donors (Lipinski definition) is 4. The summed E-state index contributed by atoms with van der Waals surface area (Å²) in [7, 11) is 2.90. The van der Waals surface area contributed by atoms with Crippen molar-refractivity contribution in [2.45, 2.75) is 13.0 Å². The third-order valence-corrected chi connectivity index (χ3v) is 5.19. The third kappa shape index (κ3) is 6.13. The minimum atomic E-state index is -0.357. The number of H-pyrrole nitrogens is 1. The van der Waals surface area contributed by atoms with Gasteiger partial charge in [-0.25, -0.2) is 29.3 Å². The molecule has 1 atom stereocenters. The van der Waals surface area contributed by atoms with Crippen molar-refractivity contribution < 1.29 is 18.7 Å². The molecular weight excluding hydrogens is 481 g/mol. The maximum Gasteiger partial charge on any atom is 0.257 e. The zero-order valence-corrected chi connectivity index (χ0v) is 20.4. The Balaban J connectivity index is 1.68. The molecule has 3 aromatic heterocycles. The number of rotatable bonds is 10. The molecule has 0 saturated carbocycles. The lowest BCUT2D eigenvalue weighted by Gasteiger charge is -2.14. The highest BCUT2D eigenvalue weighted by Gasteiger charge is 2.20. The molecule has 37 heavy (non-hydrogen) atoms. The van der Waals surface area contributed by atoms with Crippen molar-refractivity contribution in [1.82, 2.24) is 35.2 Å². The van der Waals surface area contributed by atoms with Gasteiger partial charge in [-0.1, -0.05) is 0 Å². The number of nitrogens with zero attached hydrogens (tertiary/aromatic N) is 5. The minimum absolute atomic E-state index is 0.0197. The van der Waals surface area contributed by atoms with E-state index in [2.05, 4.69) is 35.6 Å². The second kappa shape index (κ2) is 11.4. The maximum absolute atomic E-state index is 13.5. The van der Waals surface area contributed by atoms with Crippen LogP contribution in [0.25, 0.3) is 34.2 Å². The molecule has 3 heterocycles. The molecule has 192 valence electrons. The zero-order chi connectivity index (χ0) is 26.4. The Morgan fingerprint density at radius 1 is 1.11 bits per heavy atom. The highest BCUT2D eigenvalue weighted by molar-refractivity contribution is 5.79. The molecule has 0 spiro atoms. The van der Waals surface area contributed by atoms with Crippen LogP contribution in [0.3, 0.4) is 0 Å². The topological polar surface area (TPSA) is 166 Å². The Morgan fingerprint density at radius 3 is 2.62 bits per heavy atom. The Kier molecular flexibility index (Phi) is 7.83. The number of carbonyl (C=O) groups excluding carboxylic acids is 1. The number of nitrogens with two attached hydrogens (primary N) is 1. The molecular formula is C24H26FN9O3. The molecule has 0 bridgehead atoms. The highest BCUT2D eigenvalue weighted by Crippen LogP contribution is 2.32. The second-order valence-corrected chi connectivity index (χ2v) is 8.01. The van der Waals surface area contributed by atoms with Gasteiger partial charge in [0.25, 0.3) is 5.88 Å². The van der Waals surface area contributed by atoms with Crippen molar-refractivity contribution >= 4 is 17.7 Å². The Labute approximate surface area is 211 Å². The van der Waals surface area contributed by atoms with Crippen LogP contribution in [-0.4, -0.2) is 69.2 Å². The highest BCUT2D eigenvalue weighted by atomic mass is 19.1. The summed E-state index contributed by atoms with van der Waals surface area (Å²) < 4.78 is 23.5. The first-order chi connectivity index (χ1) is 17.9. The number of nitrogen functional groups attached to an aromatic ring is 1. The van der Waals surface area contributed by atoms with Gasteiger partial charge in [-0.15, -0.1) is 0 Å². The van der Waals surface area contributed by atoms with Gasteiger partial charge in [0, 0.05) is 31.5 Å². The largest absolute Gasteiger partial charge is 0.478 e. The van der Waals surface area contributed by atoms with E-state index in [1.807, 2.05) is 6.92 Å². The predicted molar refractivity (Wildman–Crippen MR) is 135 cm³/mol. The normalized spacial score (nSPS) is 11.7. The fraction of sp³-hybridized carbons (Fsp3) is 0.250. The summed E-state index contributed by atoms with van der Waals surface area (Å²) in [5.41, 5.74) is 8.39. The Bertz CT molecular complexity index is 1380. The average Bonchev–Trinajstić information content (AvgIpc) is 3.34. The Hall–Kier alpha value is -4.65. The number of aromatic nitrogens is 6. The molecule has 0 radical (unpaired) electrons. The second-order valence-electron chi connectivity index (χ2n) is 8.01. The number of aromatic amines is 1. The minimum Gasteiger partial charge on any atom is -0.478 e. The van der Waals surface area contributed by atoms with Crippen molar-refractivity contribution in [2.24, 2.45) is 0 Å². The smallest absolute Gasteiger partial charge is 0.257 e. The van der Waals surface area contributed by atoms with E-state index in [0.717, 1.165) is 0 Å². The average molecular weight is 508 g/mol. The van der Waals surface area contributed by atoms with E-state index in [0.29, 0.717) is 46.7 Å². The summed E-state index contributed by atoms with van der Waals surface area (Å²) >= 11 is 0. The van der Waals surface area contributed by atoms with Crippen LogP contribution >= 0.6 is 0 Å². The van der Waals surface area contributed by atoms with Crippen LogP contribution in [0.1, 0.15) is 6.92 Å². The number of nitrogens with one attached hydrogen (secondary N) is 3. The quantitative estimate of drug-likeness (QED) is 0.250. The summed E-state index contributed by atoms with van der Waals surface area (Å²) in [6.45, 7) is 2.21. The van der Waals surface area contributed by atoms with Crippen LogP contribution in [0.15, 0.2) is 42.7 Å². The molecule has 13 heteroatoms. The first-order valence-electron chi connectivity index (χ1n) is 11.3. The number of ether oxygens (including phenoxy) is 2. The van der Waals surface area contributed by atoms with Crippen molar-refractivity contribution in [1.29, 1.82) is 0 Å². The van der Waals surface area contributed by atoms with Crippen LogP contribution < -0.4 is 21.1 Å². The lowest BCUT2D eigenvalue weighted by Crippen LogP contribution is -2.39. The molecule has 4 aromatic rings. The van der Waals surface area contributed by atoms with Crippen molar-refractivity contribution in [3.63, 3.8) is 0 Å². The van der Waals surface area contributed by atoms with Crippen LogP contribution in [0.2, 0.25) is 0 Å². The van der Waals surface area contributed by atoms with E-state index < -0.39 is 0 Å². The monoisotopic (exact) mass is 507 g/mol. The van der Waals surface area contributed by atoms with Crippen LogP contribution in [0.5, 0.6) is 5.88 Å². The van der Waals surface area contributed by atoms with Gasteiger partial charge in [-0.05, 0) is 37.3 Å². The van der Waals surface area contributed by atoms with E-state index in [4.69, 9.17) is 20.2 Å². The Morgan fingerprint density at radius 2 is 1.89 bits per heavy atom. The summed E-state index contributed by atoms with van der Waals surface area (Å²) in [5.74, 6) is 0.540. The molecule has 1 unspecified atom stereocenters. The van der Waals surface area contributed by atoms with E-state index in [-0.39, 0.29) is 36.1 Å². The molecule has 5 N–H and O–H groups in total. The number of benzene rings is 1. The van der Waals surface area contributed by atoms with Gasteiger partial charge >= 0.3 is 0 Å². The molecule has 1 amide bonds. The fourth-order valence-electron chi connectivity index (χ4n) is 3.46. The van der Waals surface area contributed by atoms with E-state index in [9.17, 15) is 9.18 Å². The lowest BCUT2D eigenvalue weighted by atomic mass is 10.2. The zero-order valence-electron chi connectivity index (χ0n) is 20.4. The maximum atomic E-state index is 13.5. The van der Waals surface area contributed by atoms with Crippen LogP contribution in [0, 0.1) is 5.82 Å². The molecule has 0 saturated heterocycles.